The van der Waals surface area contributed by atoms with Crippen LogP contribution in [0, 0.1) is 11.8 Å². The second-order valence-electron chi connectivity index (χ2n) is 7.29. The molecule has 1 aliphatic rings. The van der Waals surface area contributed by atoms with Crippen molar-refractivity contribution in [2.75, 3.05) is 33.3 Å². The number of nitrogens with zero attached hydrogens (tertiary/aromatic N) is 3. The Balaban J connectivity index is 0.00000261. The van der Waals surface area contributed by atoms with Crippen molar-refractivity contribution < 1.29 is 9.53 Å². The van der Waals surface area contributed by atoms with Crippen LogP contribution in [0.15, 0.2) is 36.5 Å². The molecule has 0 radical (unpaired) electrons. The van der Waals surface area contributed by atoms with E-state index in [-0.39, 0.29) is 18.3 Å². The van der Waals surface area contributed by atoms with Gasteiger partial charge in [-0.05, 0) is 44.0 Å². The van der Waals surface area contributed by atoms with Gasteiger partial charge in [0.25, 0.3) is 5.91 Å². The second-order valence-corrected chi connectivity index (χ2v) is 7.29. The van der Waals surface area contributed by atoms with Gasteiger partial charge in [-0.2, -0.15) is 5.10 Å². The molecule has 7 heteroatoms. The first-order valence-corrected chi connectivity index (χ1v) is 9.30. The van der Waals surface area contributed by atoms with Crippen LogP contribution in [0.25, 0.3) is 5.69 Å². The van der Waals surface area contributed by atoms with E-state index in [1.54, 1.807) is 4.68 Å². The number of ether oxygens (including phenoxy) is 1. The summed E-state index contributed by atoms with van der Waals surface area (Å²) < 4.78 is 7.64. The highest BCUT2D eigenvalue weighted by molar-refractivity contribution is 5.95. The topological polar surface area (TPSA) is 59.4 Å². The molecule has 1 aromatic heterocycles. The summed E-state index contributed by atoms with van der Waals surface area (Å²) in [5.41, 5.74) is 1.31. The lowest BCUT2D eigenvalue weighted by atomic mass is 10.1. The molecule has 0 bridgehead atoms. The normalized spacial score (nSPS) is 16.4. The van der Waals surface area contributed by atoms with E-state index in [9.17, 15) is 4.79 Å². The van der Waals surface area contributed by atoms with E-state index >= 15 is 0 Å². The number of carbonyl (C=O) groups excluding carboxylic acids is 1. The van der Waals surface area contributed by atoms with Crippen LogP contribution in [0.1, 0.15) is 30.8 Å². The number of hydrogen-bond donors (Lipinski definition) is 1. The Morgan fingerprint density at radius 1 is 1.33 bits per heavy atom. The molecule has 1 amide bonds. The minimum absolute atomic E-state index is 0. The minimum Gasteiger partial charge on any atom is -0.489 e. The lowest BCUT2D eigenvalue weighted by Crippen LogP contribution is -2.31. The zero-order valence-corrected chi connectivity index (χ0v) is 17.0. The van der Waals surface area contributed by atoms with Gasteiger partial charge in [0.2, 0.25) is 0 Å². The van der Waals surface area contributed by atoms with E-state index in [0.29, 0.717) is 29.9 Å². The highest BCUT2D eigenvalue weighted by atomic mass is 35.5. The molecule has 1 N–H and O–H groups in total. The van der Waals surface area contributed by atoms with Crippen LogP contribution in [0.3, 0.4) is 0 Å². The van der Waals surface area contributed by atoms with Crippen LogP contribution < -0.4 is 10.1 Å². The standard InChI is InChI=1S/C20H28N4O2.ClH/c1-15(2)14-26-18-13-24(17-7-5-4-6-8-17)22-19(18)20(25)23-10-9-16(12-23)11-21-3;/h4-8,13,15-16,21H,9-12,14H2,1-3H3;1H. The van der Waals surface area contributed by atoms with Gasteiger partial charge in [-0.3, -0.25) is 4.79 Å². The summed E-state index contributed by atoms with van der Waals surface area (Å²) in [6, 6.07) is 9.80. The molecule has 27 heavy (non-hydrogen) atoms. The Kier molecular flexibility index (Phi) is 7.68. The summed E-state index contributed by atoms with van der Waals surface area (Å²) in [4.78, 5) is 14.9. The molecule has 2 aromatic rings. The molecule has 0 saturated carbocycles. The van der Waals surface area contributed by atoms with Crippen molar-refractivity contribution in [1.29, 1.82) is 0 Å². The highest BCUT2D eigenvalue weighted by Gasteiger charge is 2.30. The molecule has 1 atom stereocenters. The number of amides is 1. The lowest BCUT2D eigenvalue weighted by molar-refractivity contribution is 0.0776. The Morgan fingerprint density at radius 2 is 2.07 bits per heavy atom. The number of rotatable bonds is 7. The van der Waals surface area contributed by atoms with Crippen LogP contribution in [0.2, 0.25) is 0 Å². The summed E-state index contributed by atoms with van der Waals surface area (Å²) in [7, 11) is 1.95. The smallest absolute Gasteiger partial charge is 0.278 e. The Labute approximate surface area is 167 Å². The SMILES string of the molecule is CNCC1CCN(C(=O)c2nn(-c3ccccc3)cc2OCC(C)C)C1.Cl. The molecule has 2 heterocycles. The average molecular weight is 393 g/mol. The van der Waals surface area contributed by atoms with Gasteiger partial charge in [-0.1, -0.05) is 32.0 Å². The van der Waals surface area contributed by atoms with Crippen LogP contribution in [0.5, 0.6) is 5.75 Å². The molecule has 1 fully saturated rings. The molecule has 1 aromatic carbocycles. The summed E-state index contributed by atoms with van der Waals surface area (Å²) in [5.74, 6) is 1.40. The van der Waals surface area contributed by atoms with Gasteiger partial charge in [0, 0.05) is 13.1 Å². The van der Waals surface area contributed by atoms with Crippen LogP contribution in [-0.4, -0.2) is 53.9 Å². The van der Waals surface area contributed by atoms with E-state index in [1.165, 1.54) is 0 Å². The zero-order chi connectivity index (χ0) is 18.5. The van der Waals surface area contributed by atoms with Gasteiger partial charge in [-0.25, -0.2) is 4.68 Å². The van der Waals surface area contributed by atoms with Gasteiger partial charge in [-0.15, -0.1) is 12.4 Å². The van der Waals surface area contributed by atoms with E-state index in [1.807, 2.05) is 48.5 Å². The molecule has 1 aliphatic heterocycles. The Bertz CT molecular complexity index is 733. The fourth-order valence-corrected chi connectivity index (χ4v) is 3.20. The minimum atomic E-state index is -0.0444. The molecule has 0 aliphatic carbocycles. The molecule has 1 saturated heterocycles. The number of nitrogens with one attached hydrogen (secondary N) is 1. The lowest BCUT2D eigenvalue weighted by Gasteiger charge is -2.16. The summed E-state index contributed by atoms with van der Waals surface area (Å²) >= 11 is 0. The maximum absolute atomic E-state index is 13.1. The summed E-state index contributed by atoms with van der Waals surface area (Å²) in [6.07, 6.45) is 2.83. The first-order valence-electron chi connectivity index (χ1n) is 9.30. The number of aromatic nitrogens is 2. The van der Waals surface area contributed by atoms with Crippen molar-refractivity contribution in [3.05, 3.63) is 42.2 Å². The third kappa shape index (κ3) is 5.23. The molecular formula is C20H29ClN4O2. The fourth-order valence-electron chi connectivity index (χ4n) is 3.20. The molecule has 3 rings (SSSR count). The van der Waals surface area contributed by atoms with Crippen LogP contribution >= 0.6 is 12.4 Å². The average Bonchev–Trinajstić information content (AvgIpc) is 3.27. The van der Waals surface area contributed by atoms with E-state index < -0.39 is 0 Å². The van der Waals surface area contributed by atoms with Gasteiger partial charge in [0.05, 0.1) is 18.5 Å². The van der Waals surface area contributed by atoms with Gasteiger partial charge >= 0.3 is 0 Å². The number of likely N-dealkylation sites (tertiary alicyclic amines) is 1. The van der Waals surface area contributed by atoms with Crippen molar-refractivity contribution in [3.8, 4) is 11.4 Å². The maximum atomic E-state index is 13.1. The molecular weight excluding hydrogens is 364 g/mol. The van der Waals surface area contributed by atoms with E-state index in [2.05, 4.69) is 24.3 Å². The predicted octanol–water partition coefficient (Wildman–Crippen LogP) is 3.01. The van der Waals surface area contributed by atoms with Crippen molar-refractivity contribution in [2.24, 2.45) is 11.8 Å². The fraction of sp³-hybridized carbons (Fsp3) is 0.500. The number of carbonyl (C=O) groups is 1. The quantitative estimate of drug-likeness (QED) is 0.786. The summed E-state index contributed by atoms with van der Waals surface area (Å²) in [5, 5.41) is 7.76. The number of hydrogen-bond acceptors (Lipinski definition) is 4. The molecule has 1 unspecified atom stereocenters. The Hall–Kier alpha value is -2.05. The first kappa shape index (κ1) is 21.3. The maximum Gasteiger partial charge on any atom is 0.278 e. The molecule has 148 valence electrons. The Morgan fingerprint density at radius 3 is 2.74 bits per heavy atom. The third-order valence-electron chi connectivity index (χ3n) is 4.54. The zero-order valence-electron chi connectivity index (χ0n) is 16.2. The number of para-hydroxylation sites is 1. The van der Waals surface area contributed by atoms with E-state index in [0.717, 1.165) is 31.7 Å². The second kappa shape index (κ2) is 9.76. The molecule has 0 spiro atoms. The highest BCUT2D eigenvalue weighted by Crippen LogP contribution is 2.25. The van der Waals surface area contributed by atoms with Crippen molar-refractivity contribution in [2.45, 2.75) is 20.3 Å². The van der Waals surface area contributed by atoms with Gasteiger partial charge in [0.1, 0.15) is 0 Å². The first-order chi connectivity index (χ1) is 12.6. The number of halogens is 1. The molecule has 6 nitrogen and oxygen atoms in total. The summed E-state index contributed by atoms with van der Waals surface area (Å²) in [6.45, 7) is 7.20. The largest absolute Gasteiger partial charge is 0.489 e. The van der Waals surface area contributed by atoms with Crippen molar-refractivity contribution in [1.82, 2.24) is 20.0 Å². The van der Waals surface area contributed by atoms with Crippen LogP contribution in [0.4, 0.5) is 0 Å². The number of benzene rings is 1. The van der Waals surface area contributed by atoms with Gasteiger partial charge in [0.15, 0.2) is 11.4 Å². The van der Waals surface area contributed by atoms with Crippen LogP contribution in [-0.2, 0) is 0 Å². The van der Waals surface area contributed by atoms with Crippen molar-refractivity contribution in [3.63, 3.8) is 0 Å². The third-order valence-corrected chi connectivity index (χ3v) is 4.54. The monoisotopic (exact) mass is 392 g/mol. The predicted molar refractivity (Wildman–Crippen MR) is 109 cm³/mol. The van der Waals surface area contributed by atoms with Gasteiger partial charge < -0.3 is 15.0 Å². The van der Waals surface area contributed by atoms with E-state index in [4.69, 9.17) is 4.74 Å². The van der Waals surface area contributed by atoms with Crippen molar-refractivity contribution >= 4 is 18.3 Å².